The highest BCUT2D eigenvalue weighted by Crippen LogP contribution is 2.27. The number of hydrogen-bond donors (Lipinski definition) is 0. The third kappa shape index (κ3) is 3.48. The number of carbonyl (C=O) groups excluding carboxylic acids is 1. The van der Waals surface area contributed by atoms with Gasteiger partial charge < -0.3 is 14.5 Å². The van der Waals surface area contributed by atoms with Crippen LogP contribution in [0.4, 0.5) is 5.82 Å². The molecule has 0 radical (unpaired) electrons. The second-order valence-corrected chi connectivity index (χ2v) is 5.94. The molecule has 1 aromatic carbocycles. The summed E-state index contributed by atoms with van der Waals surface area (Å²) in [5.74, 6) is 1.40. The molecule has 1 atom stereocenters. The highest BCUT2D eigenvalue weighted by atomic mass is 16.5. The molecule has 1 amide bonds. The average molecular weight is 326 g/mol. The van der Waals surface area contributed by atoms with E-state index in [2.05, 4.69) is 14.9 Å². The van der Waals surface area contributed by atoms with E-state index in [9.17, 15) is 4.79 Å². The monoisotopic (exact) mass is 326 g/mol. The molecular weight excluding hydrogens is 304 g/mol. The van der Waals surface area contributed by atoms with Crippen molar-refractivity contribution in [3.05, 3.63) is 48.3 Å². The molecule has 1 fully saturated rings. The van der Waals surface area contributed by atoms with Crippen LogP contribution in [-0.2, 0) is 11.2 Å². The number of benzene rings is 1. The largest absolute Gasteiger partial charge is 0.478 e. The van der Waals surface area contributed by atoms with Gasteiger partial charge in [-0.25, -0.2) is 9.97 Å². The first-order valence-electron chi connectivity index (χ1n) is 8.08. The van der Waals surface area contributed by atoms with Crippen molar-refractivity contribution in [3.63, 3.8) is 0 Å². The number of likely N-dealkylation sites (N-methyl/N-ethyl adjacent to an activating group) is 1. The fraction of sp³-hybridized carbons (Fsp3) is 0.389. The maximum Gasteiger partial charge on any atom is 0.257 e. The quantitative estimate of drug-likeness (QED) is 0.838. The maximum absolute atomic E-state index is 12.5. The van der Waals surface area contributed by atoms with Crippen molar-refractivity contribution in [2.24, 2.45) is 0 Å². The molecule has 1 saturated heterocycles. The van der Waals surface area contributed by atoms with E-state index in [0.717, 1.165) is 30.9 Å². The van der Waals surface area contributed by atoms with Crippen LogP contribution < -0.4 is 9.64 Å². The molecule has 0 aliphatic carbocycles. The Hall–Kier alpha value is -2.63. The van der Waals surface area contributed by atoms with Crippen LogP contribution in [0, 0.1) is 0 Å². The molecule has 1 unspecified atom stereocenters. The predicted molar refractivity (Wildman–Crippen MR) is 92.1 cm³/mol. The Morgan fingerprint density at radius 2 is 2.04 bits per heavy atom. The van der Waals surface area contributed by atoms with E-state index in [1.807, 2.05) is 42.3 Å². The summed E-state index contributed by atoms with van der Waals surface area (Å²) in [6.45, 7) is 1.58. The zero-order valence-corrected chi connectivity index (χ0v) is 14.1. The van der Waals surface area contributed by atoms with Gasteiger partial charge in [-0.15, -0.1) is 0 Å². The van der Waals surface area contributed by atoms with Gasteiger partial charge in [-0.3, -0.25) is 4.79 Å². The Kier molecular flexibility index (Phi) is 4.93. The lowest BCUT2D eigenvalue weighted by molar-refractivity contribution is -0.130. The molecule has 3 rings (SSSR count). The number of aromatic nitrogens is 2. The number of anilines is 1. The van der Waals surface area contributed by atoms with Crippen LogP contribution in [0.3, 0.4) is 0 Å². The first-order valence-corrected chi connectivity index (χ1v) is 8.08. The summed E-state index contributed by atoms with van der Waals surface area (Å²) in [7, 11) is 3.48. The van der Waals surface area contributed by atoms with Gasteiger partial charge in [0.25, 0.3) is 5.88 Å². The summed E-state index contributed by atoms with van der Waals surface area (Å²) >= 11 is 0. The molecule has 0 bridgehead atoms. The molecule has 24 heavy (non-hydrogen) atoms. The van der Waals surface area contributed by atoms with Crippen molar-refractivity contribution in [1.29, 1.82) is 0 Å². The van der Waals surface area contributed by atoms with Crippen LogP contribution in [0.1, 0.15) is 12.0 Å². The number of methoxy groups -OCH3 is 1. The molecule has 2 heterocycles. The molecule has 1 aliphatic heterocycles. The topological polar surface area (TPSA) is 58.6 Å². The lowest BCUT2D eigenvalue weighted by atomic mass is 10.1. The number of hydrogen-bond acceptors (Lipinski definition) is 5. The molecule has 1 aliphatic rings. The van der Waals surface area contributed by atoms with E-state index in [1.54, 1.807) is 19.5 Å². The van der Waals surface area contributed by atoms with Gasteiger partial charge in [-0.2, -0.15) is 0 Å². The van der Waals surface area contributed by atoms with Gasteiger partial charge in [0.1, 0.15) is 0 Å². The predicted octanol–water partition coefficient (Wildman–Crippen LogP) is 1.76. The molecular formula is C18H22N4O2. The van der Waals surface area contributed by atoms with Crippen LogP contribution in [0.25, 0.3) is 0 Å². The molecule has 126 valence electrons. The standard InChI is InChI=1S/C18H22N4O2/c1-21(16(23)12-14-6-4-3-5-7-14)15-8-11-22(13-15)17-18(24-2)20-10-9-19-17/h3-7,9-10,15H,8,11-13H2,1-2H3. The summed E-state index contributed by atoms with van der Waals surface area (Å²) in [4.78, 5) is 25.1. The molecule has 0 spiro atoms. The van der Waals surface area contributed by atoms with Crippen LogP contribution >= 0.6 is 0 Å². The molecule has 2 aromatic rings. The summed E-state index contributed by atoms with van der Waals surface area (Å²) in [6.07, 6.45) is 4.62. The Morgan fingerprint density at radius 3 is 2.79 bits per heavy atom. The van der Waals surface area contributed by atoms with Gasteiger partial charge in [-0.1, -0.05) is 30.3 Å². The zero-order chi connectivity index (χ0) is 16.9. The van der Waals surface area contributed by atoms with Crippen molar-refractivity contribution >= 4 is 11.7 Å². The summed E-state index contributed by atoms with van der Waals surface area (Å²) in [6, 6.07) is 10.0. The number of carbonyl (C=O) groups is 1. The first kappa shape index (κ1) is 16.2. The lowest BCUT2D eigenvalue weighted by Gasteiger charge is -2.25. The fourth-order valence-corrected chi connectivity index (χ4v) is 3.03. The Morgan fingerprint density at radius 1 is 1.29 bits per heavy atom. The minimum atomic E-state index is 0.138. The lowest BCUT2D eigenvalue weighted by Crippen LogP contribution is -2.40. The van der Waals surface area contributed by atoms with E-state index >= 15 is 0 Å². The van der Waals surface area contributed by atoms with Gasteiger partial charge >= 0.3 is 0 Å². The van der Waals surface area contributed by atoms with E-state index < -0.39 is 0 Å². The SMILES string of the molecule is COc1nccnc1N1CCC(N(C)C(=O)Cc2ccccc2)C1. The molecule has 0 N–H and O–H groups in total. The second-order valence-electron chi connectivity index (χ2n) is 5.94. The van der Waals surface area contributed by atoms with E-state index in [1.165, 1.54) is 0 Å². The third-order valence-corrected chi connectivity index (χ3v) is 4.44. The zero-order valence-electron chi connectivity index (χ0n) is 14.1. The van der Waals surface area contributed by atoms with Gasteiger partial charge in [0, 0.05) is 32.5 Å². The molecule has 1 aromatic heterocycles. The van der Waals surface area contributed by atoms with Crippen molar-refractivity contribution in [3.8, 4) is 5.88 Å². The smallest absolute Gasteiger partial charge is 0.257 e. The van der Waals surface area contributed by atoms with Crippen molar-refractivity contribution in [1.82, 2.24) is 14.9 Å². The van der Waals surface area contributed by atoms with E-state index in [0.29, 0.717) is 12.3 Å². The first-order chi connectivity index (χ1) is 11.7. The summed E-state index contributed by atoms with van der Waals surface area (Å²) < 4.78 is 5.28. The van der Waals surface area contributed by atoms with E-state index in [4.69, 9.17) is 4.74 Å². The fourth-order valence-electron chi connectivity index (χ4n) is 3.03. The maximum atomic E-state index is 12.5. The summed E-state index contributed by atoms with van der Waals surface area (Å²) in [5, 5.41) is 0. The number of amides is 1. The highest BCUT2D eigenvalue weighted by molar-refractivity contribution is 5.79. The van der Waals surface area contributed by atoms with Crippen molar-refractivity contribution in [2.75, 3.05) is 32.1 Å². The molecule has 6 heteroatoms. The average Bonchev–Trinajstić information content (AvgIpc) is 3.11. The normalized spacial score (nSPS) is 16.9. The number of nitrogens with zero attached hydrogens (tertiary/aromatic N) is 4. The number of ether oxygens (including phenoxy) is 1. The Bertz CT molecular complexity index is 692. The van der Waals surface area contributed by atoms with E-state index in [-0.39, 0.29) is 11.9 Å². The van der Waals surface area contributed by atoms with Gasteiger partial charge in [0.05, 0.1) is 19.6 Å². The van der Waals surface area contributed by atoms with Gasteiger partial charge in [0.2, 0.25) is 5.91 Å². The third-order valence-electron chi connectivity index (χ3n) is 4.44. The van der Waals surface area contributed by atoms with Crippen molar-refractivity contribution < 1.29 is 9.53 Å². The van der Waals surface area contributed by atoms with Gasteiger partial charge in [-0.05, 0) is 12.0 Å². The summed E-state index contributed by atoms with van der Waals surface area (Å²) in [5.41, 5.74) is 1.04. The minimum absolute atomic E-state index is 0.138. The van der Waals surface area contributed by atoms with Crippen LogP contribution in [-0.4, -0.2) is 54.1 Å². The van der Waals surface area contributed by atoms with Crippen LogP contribution in [0.5, 0.6) is 5.88 Å². The Balaban J connectivity index is 1.63. The van der Waals surface area contributed by atoms with Crippen molar-refractivity contribution in [2.45, 2.75) is 18.9 Å². The Labute approximate surface area is 142 Å². The minimum Gasteiger partial charge on any atom is -0.478 e. The molecule has 6 nitrogen and oxygen atoms in total. The highest BCUT2D eigenvalue weighted by Gasteiger charge is 2.30. The number of rotatable bonds is 5. The van der Waals surface area contributed by atoms with Crippen LogP contribution in [0.15, 0.2) is 42.7 Å². The second kappa shape index (κ2) is 7.29. The molecule has 0 saturated carbocycles. The van der Waals surface area contributed by atoms with Gasteiger partial charge in [0.15, 0.2) is 5.82 Å². The van der Waals surface area contributed by atoms with Crippen LogP contribution in [0.2, 0.25) is 0 Å².